The SMILES string of the molecule is C#C.Cc1ccc(C(=O)N(CC2=CC=CCC(CO)=C2)C2CCN(Cc3ccncc3)CC2)cc1. The number of benzene rings is 1. The van der Waals surface area contributed by atoms with Crippen molar-refractivity contribution in [3.8, 4) is 12.8 Å². The van der Waals surface area contributed by atoms with Crippen molar-refractivity contribution in [1.29, 1.82) is 0 Å². The second kappa shape index (κ2) is 13.4. The van der Waals surface area contributed by atoms with Crippen LogP contribution in [0.25, 0.3) is 0 Å². The van der Waals surface area contributed by atoms with E-state index in [4.69, 9.17) is 0 Å². The monoisotopic (exact) mass is 469 g/mol. The van der Waals surface area contributed by atoms with Crippen LogP contribution in [0.5, 0.6) is 0 Å². The Kier molecular flexibility index (Phi) is 10.0. The summed E-state index contributed by atoms with van der Waals surface area (Å²) in [5.41, 5.74) is 5.19. The zero-order valence-corrected chi connectivity index (χ0v) is 20.5. The number of likely N-dealkylation sites (tertiary alicyclic amines) is 1. The van der Waals surface area contributed by atoms with Gasteiger partial charge in [-0.2, -0.15) is 0 Å². The molecule has 1 amide bonds. The van der Waals surface area contributed by atoms with Gasteiger partial charge in [-0.25, -0.2) is 0 Å². The van der Waals surface area contributed by atoms with Gasteiger partial charge in [-0.05, 0) is 67.2 Å². The van der Waals surface area contributed by atoms with E-state index < -0.39 is 0 Å². The average Bonchev–Trinajstić information content (AvgIpc) is 3.15. The number of carbonyl (C=O) groups is 1. The number of nitrogens with zero attached hydrogens (tertiary/aromatic N) is 3. The molecule has 2 heterocycles. The number of carbonyl (C=O) groups excluding carboxylic acids is 1. The zero-order chi connectivity index (χ0) is 25.0. The highest BCUT2D eigenvalue weighted by Crippen LogP contribution is 2.23. The summed E-state index contributed by atoms with van der Waals surface area (Å²) in [6.45, 7) is 5.47. The van der Waals surface area contributed by atoms with Gasteiger partial charge in [-0.3, -0.25) is 14.7 Å². The van der Waals surface area contributed by atoms with Crippen molar-refractivity contribution in [2.45, 2.75) is 38.8 Å². The minimum Gasteiger partial charge on any atom is -0.392 e. The minimum absolute atomic E-state index is 0.0426. The number of terminal acetylenes is 1. The molecule has 1 saturated heterocycles. The Balaban J connectivity index is 0.00000167. The first-order valence-corrected chi connectivity index (χ1v) is 12.1. The molecule has 1 fully saturated rings. The maximum Gasteiger partial charge on any atom is 0.254 e. The molecule has 5 nitrogen and oxygen atoms in total. The smallest absolute Gasteiger partial charge is 0.254 e. The predicted octanol–water partition coefficient (Wildman–Crippen LogP) is 4.55. The number of aromatic nitrogens is 1. The van der Waals surface area contributed by atoms with Crippen LogP contribution >= 0.6 is 0 Å². The van der Waals surface area contributed by atoms with E-state index in [0.29, 0.717) is 6.54 Å². The van der Waals surface area contributed by atoms with Crippen molar-refractivity contribution in [2.24, 2.45) is 0 Å². The van der Waals surface area contributed by atoms with Crippen LogP contribution in [0.3, 0.4) is 0 Å². The molecule has 0 atom stereocenters. The third-order valence-corrected chi connectivity index (χ3v) is 6.48. The molecule has 1 aromatic carbocycles. The fraction of sp³-hybridized carbons (Fsp3) is 0.333. The van der Waals surface area contributed by atoms with Gasteiger partial charge in [0.1, 0.15) is 0 Å². The summed E-state index contributed by atoms with van der Waals surface area (Å²) in [5.74, 6) is 0.0793. The quantitative estimate of drug-likeness (QED) is 0.605. The Morgan fingerprint density at radius 3 is 2.46 bits per heavy atom. The summed E-state index contributed by atoms with van der Waals surface area (Å²) in [4.78, 5) is 22.2. The molecule has 1 aliphatic heterocycles. The lowest BCUT2D eigenvalue weighted by atomic mass is 9.99. The van der Waals surface area contributed by atoms with Crippen molar-refractivity contribution in [3.05, 3.63) is 101 Å². The first-order chi connectivity index (χ1) is 17.1. The van der Waals surface area contributed by atoms with E-state index in [9.17, 15) is 9.90 Å². The number of hydrogen-bond acceptors (Lipinski definition) is 4. The molecule has 0 radical (unpaired) electrons. The minimum atomic E-state index is 0.0426. The van der Waals surface area contributed by atoms with Gasteiger partial charge in [-0.15, -0.1) is 12.8 Å². The molecular formula is C30H35N3O2. The third-order valence-electron chi connectivity index (χ3n) is 6.48. The van der Waals surface area contributed by atoms with Crippen molar-refractivity contribution in [3.63, 3.8) is 0 Å². The number of allylic oxidation sites excluding steroid dienone is 3. The van der Waals surface area contributed by atoms with Gasteiger partial charge in [0.2, 0.25) is 0 Å². The second-order valence-corrected chi connectivity index (χ2v) is 9.00. The summed E-state index contributed by atoms with van der Waals surface area (Å²) in [6.07, 6.45) is 22.5. The highest BCUT2D eigenvalue weighted by atomic mass is 16.3. The normalized spacial score (nSPS) is 16.3. The summed E-state index contributed by atoms with van der Waals surface area (Å²) >= 11 is 0. The number of aliphatic hydroxyl groups is 1. The Hall–Kier alpha value is -3.46. The van der Waals surface area contributed by atoms with Crippen LogP contribution in [0.15, 0.2) is 84.2 Å². The Morgan fingerprint density at radius 1 is 1.11 bits per heavy atom. The van der Waals surface area contributed by atoms with E-state index in [2.05, 4.69) is 47.0 Å². The van der Waals surface area contributed by atoms with Crippen LogP contribution < -0.4 is 0 Å². The summed E-state index contributed by atoms with van der Waals surface area (Å²) < 4.78 is 0. The number of piperidine rings is 1. The van der Waals surface area contributed by atoms with Crippen LogP contribution in [-0.2, 0) is 6.54 Å². The van der Waals surface area contributed by atoms with Gasteiger partial charge in [0.25, 0.3) is 5.91 Å². The Bertz CT molecular complexity index is 1060. The van der Waals surface area contributed by atoms with Crippen LogP contribution in [0.4, 0.5) is 0 Å². The molecule has 35 heavy (non-hydrogen) atoms. The van der Waals surface area contributed by atoms with Crippen LogP contribution in [0.1, 0.15) is 40.7 Å². The number of aliphatic hydroxyl groups excluding tert-OH is 1. The Labute approximate surface area is 209 Å². The second-order valence-electron chi connectivity index (χ2n) is 9.00. The maximum absolute atomic E-state index is 13.6. The predicted molar refractivity (Wildman–Crippen MR) is 142 cm³/mol. The maximum atomic E-state index is 13.6. The lowest BCUT2D eigenvalue weighted by Gasteiger charge is -2.39. The van der Waals surface area contributed by atoms with E-state index in [1.165, 1.54) is 5.56 Å². The van der Waals surface area contributed by atoms with Gasteiger partial charge in [0, 0.05) is 50.2 Å². The van der Waals surface area contributed by atoms with Gasteiger partial charge >= 0.3 is 0 Å². The summed E-state index contributed by atoms with van der Waals surface area (Å²) in [6, 6.07) is 12.2. The molecule has 1 N–H and O–H groups in total. The zero-order valence-electron chi connectivity index (χ0n) is 20.5. The number of pyridine rings is 1. The van der Waals surface area contributed by atoms with Crippen LogP contribution in [0.2, 0.25) is 0 Å². The molecule has 2 aliphatic rings. The molecule has 0 saturated carbocycles. The van der Waals surface area contributed by atoms with Crippen molar-refractivity contribution < 1.29 is 9.90 Å². The first kappa shape index (κ1) is 26.2. The number of rotatable bonds is 7. The lowest BCUT2D eigenvalue weighted by molar-refractivity contribution is 0.0593. The summed E-state index contributed by atoms with van der Waals surface area (Å²) in [7, 11) is 0. The van der Waals surface area contributed by atoms with Gasteiger partial charge in [-0.1, -0.05) is 42.0 Å². The number of aryl methyl sites for hydroxylation is 1. The van der Waals surface area contributed by atoms with Crippen LogP contribution in [0, 0.1) is 19.8 Å². The molecule has 4 rings (SSSR count). The molecule has 0 spiro atoms. The van der Waals surface area contributed by atoms with E-state index in [1.807, 2.05) is 60.6 Å². The van der Waals surface area contributed by atoms with E-state index in [0.717, 1.165) is 61.2 Å². The highest BCUT2D eigenvalue weighted by molar-refractivity contribution is 5.94. The largest absolute Gasteiger partial charge is 0.392 e. The summed E-state index contributed by atoms with van der Waals surface area (Å²) in [5, 5.41) is 9.66. The highest BCUT2D eigenvalue weighted by Gasteiger charge is 2.29. The first-order valence-electron chi connectivity index (χ1n) is 12.1. The molecule has 5 heteroatoms. The molecule has 182 valence electrons. The third kappa shape index (κ3) is 7.51. The topological polar surface area (TPSA) is 56.7 Å². The fourth-order valence-corrected chi connectivity index (χ4v) is 4.55. The fourth-order valence-electron chi connectivity index (χ4n) is 4.55. The standard InChI is InChI=1S/C28H33N3O2.C2H2/c1-22-6-8-26(9-7-22)28(33)31(20-24-4-2-3-5-25(18-24)21-32)27-12-16-30(17-13-27)19-23-10-14-29-15-11-23;1-2/h2-4,6-11,14-15,18,27,32H,5,12-13,16-17,19-21H2,1H3;1-2H. The van der Waals surface area contributed by atoms with E-state index >= 15 is 0 Å². The number of amides is 1. The van der Waals surface area contributed by atoms with Crippen molar-refractivity contribution in [2.75, 3.05) is 26.2 Å². The van der Waals surface area contributed by atoms with Gasteiger partial charge in [0.05, 0.1) is 6.61 Å². The number of hydrogen-bond donors (Lipinski definition) is 1. The van der Waals surface area contributed by atoms with Gasteiger partial charge in [0.15, 0.2) is 0 Å². The Morgan fingerprint density at radius 2 is 1.80 bits per heavy atom. The lowest BCUT2D eigenvalue weighted by Crippen LogP contribution is -2.47. The van der Waals surface area contributed by atoms with Crippen LogP contribution in [-0.4, -0.2) is 58.1 Å². The molecule has 0 bridgehead atoms. The van der Waals surface area contributed by atoms with Crippen molar-refractivity contribution >= 4 is 5.91 Å². The van der Waals surface area contributed by atoms with E-state index in [1.54, 1.807) is 0 Å². The molecule has 0 unspecified atom stereocenters. The van der Waals surface area contributed by atoms with E-state index in [-0.39, 0.29) is 18.6 Å². The molecule has 2 aromatic rings. The average molecular weight is 470 g/mol. The van der Waals surface area contributed by atoms with Crippen molar-refractivity contribution in [1.82, 2.24) is 14.8 Å². The van der Waals surface area contributed by atoms with Gasteiger partial charge < -0.3 is 10.0 Å². The molecule has 1 aromatic heterocycles. The molecule has 1 aliphatic carbocycles. The molecular weight excluding hydrogens is 434 g/mol.